The quantitative estimate of drug-likeness (QED) is 0.0928. The van der Waals surface area contributed by atoms with E-state index in [1.54, 1.807) is 9.80 Å². The predicted octanol–water partition coefficient (Wildman–Crippen LogP) is 0.682. The van der Waals surface area contributed by atoms with Gasteiger partial charge < -0.3 is 48.1 Å². The lowest BCUT2D eigenvalue weighted by Crippen LogP contribution is -2.65. The second-order valence-corrected chi connectivity index (χ2v) is 15.8. The monoisotopic (exact) mass is 776 g/mol. The number of nitrogens with zero attached hydrogens (tertiary/aromatic N) is 2. The normalized spacial score (nSPS) is 17.5. The van der Waals surface area contributed by atoms with Crippen molar-refractivity contribution in [2.24, 2.45) is 28.5 Å². The molecule has 2 aliphatic heterocycles. The van der Waals surface area contributed by atoms with Crippen LogP contribution in [-0.2, 0) is 41.6 Å². The average molecular weight is 777 g/mol. The maximum Gasteiger partial charge on any atom is 0.305 e. The summed E-state index contributed by atoms with van der Waals surface area (Å²) in [4.78, 5) is 82.3. The zero-order chi connectivity index (χ0) is 40.8. The van der Waals surface area contributed by atoms with Crippen molar-refractivity contribution in [3.05, 3.63) is 71.8 Å². The number of aliphatic carboxylic acids is 1. The van der Waals surface area contributed by atoms with Gasteiger partial charge in [-0.2, -0.15) is 0 Å². The molecule has 306 valence electrons. The van der Waals surface area contributed by atoms with E-state index in [2.05, 4.69) is 16.0 Å². The van der Waals surface area contributed by atoms with Crippen LogP contribution in [0, 0.1) is 11.3 Å². The number of piperidine rings is 1. The molecule has 5 amide bonds. The Bertz CT molecular complexity index is 1630. The summed E-state index contributed by atoms with van der Waals surface area (Å²) in [5, 5.41) is 17.7. The van der Waals surface area contributed by atoms with Crippen LogP contribution in [0.2, 0.25) is 0 Å². The zero-order valence-electron chi connectivity index (χ0n) is 32.7. The number of nitrogens with one attached hydrogen (secondary N) is 3. The number of likely N-dealkylation sites (tertiary alicyclic amines) is 2. The van der Waals surface area contributed by atoms with Gasteiger partial charge in [0, 0.05) is 38.0 Å². The molecule has 0 aromatic heterocycles. The van der Waals surface area contributed by atoms with Gasteiger partial charge >= 0.3 is 5.97 Å². The Morgan fingerprint density at radius 2 is 1.23 bits per heavy atom. The second kappa shape index (κ2) is 20.9. The lowest BCUT2D eigenvalue weighted by atomic mass is 9.71. The van der Waals surface area contributed by atoms with E-state index in [-0.39, 0.29) is 36.0 Å². The number of rotatable bonds is 20. The van der Waals surface area contributed by atoms with Crippen LogP contribution in [0.25, 0.3) is 0 Å². The molecule has 10 N–H and O–H groups in total. The number of nitrogens with two attached hydrogens (primary N) is 3. The SMILES string of the molecule is CC(C)C[C@@H](NC(=O)[C@@H](Cc1ccccc1)NC(=O)[C@H](N)Cc1ccccc1)C(=O)N[C@H](CCCCN)C(=O)N1CCC2(CC1)CN(C(=O)[C@H](N)CC(=O)O)C2. The Morgan fingerprint density at radius 3 is 1.79 bits per heavy atom. The molecule has 1 spiro atoms. The van der Waals surface area contributed by atoms with Gasteiger partial charge in [0.25, 0.3) is 0 Å². The lowest BCUT2D eigenvalue weighted by Gasteiger charge is -2.54. The van der Waals surface area contributed by atoms with Crippen molar-refractivity contribution in [3.63, 3.8) is 0 Å². The van der Waals surface area contributed by atoms with Gasteiger partial charge in [-0.3, -0.25) is 28.8 Å². The Kier molecular flexibility index (Phi) is 16.4. The van der Waals surface area contributed by atoms with Crippen LogP contribution < -0.4 is 33.2 Å². The van der Waals surface area contributed by atoms with Gasteiger partial charge in [-0.15, -0.1) is 0 Å². The van der Waals surface area contributed by atoms with Crippen molar-refractivity contribution in [2.45, 2.75) is 102 Å². The number of hydrogen-bond donors (Lipinski definition) is 7. The first kappa shape index (κ1) is 43.9. The molecule has 0 bridgehead atoms. The molecule has 56 heavy (non-hydrogen) atoms. The van der Waals surface area contributed by atoms with E-state index in [0.29, 0.717) is 71.2 Å². The van der Waals surface area contributed by atoms with E-state index in [1.165, 1.54) is 0 Å². The number of hydrogen-bond acceptors (Lipinski definition) is 9. The van der Waals surface area contributed by atoms with Crippen molar-refractivity contribution in [1.29, 1.82) is 0 Å². The molecule has 0 unspecified atom stereocenters. The number of carboxylic acid groups (broad SMARTS) is 1. The summed E-state index contributed by atoms with van der Waals surface area (Å²) in [5.41, 5.74) is 19.4. The summed E-state index contributed by atoms with van der Waals surface area (Å²) in [6.07, 6.45) is 3.24. The van der Waals surface area contributed by atoms with Crippen LogP contribution in [0.1, 0.15) is 69.9 Å². The first-order valence-electron chi connectivity index (χ1n) is 19.7. The molecule has 2 aliphatic rings. The Labute approximate surface area is 329 Å². The van der Waals surface area contributed by atoms with Gasteiger partial charge in [0.05, 0.1) is 18.5 Å². The fraction of sp³-hybridized carbons (Fsp3) is 0.561. The number of benzene rings is 2. The largest absolute Gasteiger partial charge is 0.481 e. The highest BCUT2D eigenvalue weighted by molar-refractivity contribution is 5.95. The molecule has 15 nitrogen and oxygen atoms in total. The van der Waals surface area contributed by atoms with Crippen LogP contribution in [-0.4, -0.2) is 113 Å². The van der Waals surface area contributed by atoms with Crippen molar-refractivity contribution in [2.75, 3.05) is 32.7 Å². The molecule has 5 atom stereocenters. The van der Waals surface area contributed by atoms with E-state index in [1.807, 2.05) is 74.5 Å². The number of carboxylic acids is 1. The van der Waals surface area contributed by atoms with Crippen molar-refractivity contribution >= 4 is 35.5 Å². The fourth-order valence-electron chi connectivity index (χ4n) is 7.46. The molecular weight excluding hydrogens is 716 g/mol. The van der Waals surface area contributed by atoms with E-state index in [9.17, 15) is 28.8 Å². The van der Waals surface area contributed by atoms with Crippen LogP contribution in [0.4, 0.5) is 0 Å². The standard InChI is InChI=1S/C41H60N8O7/c1-27(2)21-33(47-38(54)34(23-29-13-7-4-8-14-29)46-36(52)30(43)22-28-11-5-3-6-12-28)37(53)45-32(15-9-10-18-42)40(56)48-19-16-41(17-20-48)25-49(26-41)39(55)31(44)24-35(50)51/h3-8,11-14,27,30-34H,9-10,15-26,42-44H2,1-2H3,(H,45,53)(H,46,52)(H,47,54)(H,50,51)/t30-,31-,32-,33-,34-/m1/s1. The molecule has 2 heterocycles. The van der Waals surface area contributed by atoms with E-state index in [0.717, 1.165) is 11.1 Å². The summed E-state index contributed by atoms with van der Waals surface area (Å²) in [7, 11) is 0. The van der Waals surface area contributed by atoms with Crippen LogP contribution in [0.3, 0.4) is 0 Å². The highest BCUT2D eigenvalue weighted by Gasteiger charge is 2.48. The van der Waals surface area contributed by atoms with Gasteiger partial charge in [0.1, 0.15) is 18.1 Å². The molecule has 15 heteroatoms. The van der Waals surface area contributed by atoms with E-state index >= 15 is 0 Å². The van der Waals surface area contributed by atoms with Gasteiger partial charge in [-0.05, 0) is 68.5 Å². The lowest BCUT2D eigenvalue weighted by molar-refractivity contribution is -0.154. The first-order chi connectivity index (χ1) is 26.7. The van der Waals surface area contributed by atoms with Crippen molar-refractivity contribution in [3.8, 4) is 0 Å². The number of carbonyl (C=O) groups is 6. The summed E-state index contributed by atoms with van der Waals surface area (Å²) >= 11 is 0. The molecule has 0 saturated carbocycles. The summed E-state index contributed by atoms with van der Waals surface area (Å²) < 4.78 is 0. The molecular formula is C41H60N8O7. The third-order valence-corrected chi connectivity index (χ3v) is 10.7. The molecule has 0 aliphatic carbocycles. The molecule has 2 saturated heterocycles. The Balaban J connectivity index is 1.42. The molecule has 2 aromatic carbocycles. The molecule has 2 aromatic rings. The topological polar surface area (TPSA) is 243 Å². The Hall–Kier alpha value is -4.86. The van der Waals surface area contributed by atoms with Gasteiger partial charge in [0.2, 0.25) is 29.5 Å². The second-order valence-electron chi connectivity index (χ2n) is 15.8. The molecule has 4 rings (SSSR count). The molecule has 0 radical (unpaired) electrons. The van der Waals surface area contributed by atoms with Crippen LogP contribution >= 0.6 is 0 Å². The summed E-state index contributed by atoms with van der Waals surface area (Å²) in [6, 6.07) is 13.7. The Morgan fingerprint density at radius 1 is 0.696 bits per heavy atom. The van der Waals surface area contributed by atoms with Crippen molar-refractivity contribution in [1.82, 2.24) is 25.8 Å². The van der Waals surface area contributed by atoms with E-state index in [4.69, 9.17) is 22.3 Å². The van der Waals surface area contributed by atoms with E-state index < -0.39 is 60.3 Å². The van der Waals surface area contributed by atoms with Gasteiger partial charge in [0.15, 0.2) is 0 Å². The van der Waals surface area contributed by atoms with Crippen LogP contribution in [0.5, 0.6) is 0 Å². The predicted molar refractivity (Wildman–Crippen MR) is 211 cm³/mol. The zero-order valence-corrected chi connectivity index (χ0v) is 32.7. The number of carbonyl (C=O) groups excluding carboxylic acids is 5. The minimum absolute atomic E-state index is 0.00443. The van der Waals surface area contributed by atoms with Crippen LogP contribution in [0.15, 0.2) is 60.7 Å². The third kappa shape index (κ3) is 12.8. The van der Waals surface area contributed by atoms with Crippen molar-refractivity contribution < 1.29 is 33.9 Å². The number of unbranched alkanes of at least 4 members (excludes halogenated alkanes) is 1. The fourth-order valence-corrected chi connectivity index (χ4v) is 7.46. The first-order valence-corrected chi connectivity index (χ1v) is 19.7. The maximum absolute atomic E-state index is 14.0. The van der Waals surface area contributed by atoms with Gasteiger partial charge in [-0.25, -0.2) is 0 Å². The summed E-state index contributed by atoms with van der Waals surface area (Å²) in [6.45, 7) is 6.08. The average Bonchev–Trinajstić information content (AvgIpc) is 3.15. The maximum atomic E-state index is 14.0. The number of amides is 5. The minimum atomic E-state index is -1.13. The minimum Gasteiger partial charge on any atom is -0.481 e. The third-order valence-electron chi connectivity index (χ3n) is 10.7. The summed E-state index contributed by atoms with van der Waals surface area (Å²) in [5.74, 6) is -3.27. The molecule has 2 fully saturated rings. The highest BCUT2D eigenvalue weighted by Crippen LogP contribution is 2.41. The smallest absolute Gasteiger partial charge is 0.305 e. The van der Waals surface area contributed by atoms with Gasteiger partial charge in [-0.1, -0.05) is 74.5 Å². The highest BCUT2D eigenvalue weighted by atomic mass is 16.4.